The van der Waals surface area contributed by atoms with Crippen LogP contribution in [-0.4, -0.2) is 0 Å². The molecule has 0 N–H and O–H groups in total. The van der Waals surface area contributed by atoms with Crippen LogP contribution in [0.2, 0.25) is 0 Å². The molecule has 0 aromatic heterocycles. The van der Waals surface area contributed by atoms with E-state index < -0.39 is 17.3 Å². The Hall–Kier alpha value is -2.29. The first-order chi connectivity index (χ1) is 13.1. The van der Waals surface area contributed by atoms with Crippen LogP contribution in [-0.2, 0) is 12.1 Å². The van der Waals surface area contributed by atoms with Crippen molar-refractivity contribution in [2.24, 2.45) is 0 Å². The Morgan fingerprint density at radius 3 is 2.63 bits per heavy atom. The molecule has 3 heteroatoms. The standard InChI is InChI=1S/C24H25F3/c1-2-3-4-5-10-18-11-8-12-19(17-18)20-13-6-7-16-24(20,27)21-14-9-15-22(25)23(21)26/h6-9,11-15,17H,2-5,10,16H2,1H3. The third-order valence-corrected chi connectivity index (χ3v) is 5.16. The van der Waals surface area contributed by atoms with Crippen LogP contribution in [0.3, 0.4) is 0 Å². The fourth-order valence-corrected chi connectivity index (χ4v) is 3.68. The summed E-state index contributed by atoms with van der Waals surface area (Å²) in [7, 11) is 0. The van der Waals surface area contributed by atoms with Crippen molar-refractivity contribution in [2.75, 3.05) is 0 Å². The molecule has 1 aliphatic rings. The number of halogens is 3. The van der Waals surface area contributed by atoms with Gasteiger partial charge in [0.05, 0.1) is 0 Å². The van der Waals surface area contributed by atoms with E-state index in [4.69, 9.17) is 0 Å². The summed E-state index contributed by atoms with van der Waals surface area (Å²) in [6.45, 7) is 2.18. The second-order valence-corrected chi connectivity index (χ2v) is 7.13. The summed E-state index contributed by atoms with van der Waals surface area (Å²) >= 11 is 0. The molecule has 2 aromatic carbocycles. The second-order valence-electron chi connectivity index (χ2n) is 7.13. The van der Waals surface area contributed by atoms with E-state index in [0.717, 1.165) is 30.0 Å². The predicted octanol–water partition coefficient (Wildman–Crippen LogP) is 7.30. The smallest absolute Gasteiger partial charge is 0.167 e. The number of hydrogen-bond acceptors (Lipinski definition) is 0. The van der Waals surface area contributed by atoms with Gasteiger partial charge in [0.1, 0.15) is 0 Å². The molecule has 0 amide bonds. The van der Waals surface area contributed by atoms with Gasteiger partial charge in [0.25, 0.3) is 0 Å². The Balaban J connectivity index is 1.93. The number of unbranched alkanes of at least 4 members (excludes halogenated alkanes) is 3. The molecule has 0 heterocycles. The van der Waals surface area contributed by atoms with Crippen molar-refractivity contribution >= 4 is 5.57 Å². The van der Waals surface area contributed by atoms with Gasteiger partial charge in [0, 0.05) is 17.6 Å². The van der Waals surface area contributed by atoms with Crippen molar-refractivity contribution in [2.45, 2.75) is 51.1 Å². The van der Waals surface area contributed by atoms with Crippen LogP contribution < -0.4 is 0 Å². The zero-order valence-electron chi connectivity index (χ0n) is 15.7. The van der Waals surface area contributed by atoms with Gasteiger partial charge in [-0.15, -0.1) is 0 Å². The summed E-state index contributed by atoms with van der Waals surface area (Å²) in [4.78, 5) is 0. The van der Waals surface area contributed by atoms with Crippen LogP contribution in [0.4, 0.5) is 13.2 Å². The minimum absolute atomic E-state index is 0.0140. The molecular weight excluding hydrogens is 345 g/mol. The largest absolute Gasteiger partial charge is 0.233 e. The van der Waals surface area contributed by atoms with Gasteiger partial charge in [-0.2, -0.15) is 0 Å². The lowest BCUT2D eigenvalue weighted by Gasteiger charge is -2.30. The SMILES string of the molecule is CCCCCCc1cccc(C2=CC=CCC2(F)c2cccc(F)c2F)c1. The van der Waals surface area contributed by atoms with Crippen LogP contribution in [0.25, 0.3) is 5.57 Å². The predicted molar refractivity (Wildman–Crippen MR) is 105 cm³/mol. The molecule has 1 unspecified atom stereocenters. The lowest BCUT2D eigenvalue weighted by atomic mass is 9.78. The van der Waals surface area contributed by atoms with Gasteiger partial charge in [-0.1, -0.05) is 80.8 Å². The van der Waals surface area contributed by atoms with Gasteiger partial charge in [0.15, 0.2) is 17.3 Å². The average molecular weight is 370 g/mol. The molecule has 2 aromatic rings. The number of allylic oxidation sites excluding steroid dienone is 4. The molecule has 0 radical (unpaired) electrons. The van der Waals surface area contributed by atoms with E-state index in [9.17, 15) is 8.78 Å². The topological polar surface area (TPSA) is 0 Å². The number of hydrogen-bond donors (Lipinski definition) is 0. The van der Waals surface area contributed by atoms with Crippen molar-refractivity contribution < 1.29 is 13.2 Å². The lowest BCUT2D eigenvalue weighted by molar-refractivity contribution is 0.239. The van der Waals surface area contributed by atoms with E-state index in [0.29, 0.717) is 5.57 Å². The van der Waals surface area contributed by atoms with E-state index in [1.165, 1.54) is 31.4 Å². The summed E-state index contributed by atoms with van der Waals surface area (Å²) in [5.41, 5.74) is -0.0853. The molecule has 1 aliphatic carbocycles. The van der Waals surface area contributed by atoms with Gasteiger partial charge < -0.3 is 0 Å². The van der Waals surface area contributed by atoms with Crippen LogP contribution in [0.15, 0.2) is 60.7 Å². The van der Waals surface area contributed by atoms with Gasteiger partial charge in [-0.05, 0) is 30.0 Å². The van der Waals surface area contributed by atoms with Crippen molar-refractivity contribution in [3.63, 3.8) is 0 Å². The van der Waals surface area contributed by atoms with Gasteiger partial charge in [-0.25, -0.2) is 13.2 Å². The first kappa shape index (κ1) is 19.5. The number of rotatable bonds is 7. The van der Waals surface area contributed by atoms with Crippen LogP contribution >= 0.6 is 0 Å². The fourth-order valence-electron chi connectivity index (χ4n) is 3.68. The zero-order chi connectivity index (χ0) is 19.3. The van der Waals surface area contributed by atoms with Gasteiger partial charge >= 0.3 is 0 Å². The molecule has 0 bridgehead atoms. The Labute approximate surface area is 159 Å². The fraction of sp³-hybridized carbons (Fsp3) is 0.333. The molecule has 0 nitrogen and oxygen atoms in total. The summed E-state index contributed by atoms with van der Waals surface area (Å²) in [6.07, 6.45) is 10.7. The highest BCUT2D eigenvalue weighted by Gasteiger charge is 2.40. The maximum absolute atomic E-state index is 16.1. The Bertz CT molecular complexity index is 850. The summed E-state index contributed by atoms with van der Waals surface area (Å²) in [5.74, 6) is -2.14. The normalized spacial score (nSPS) is 19.2. The van der Waals surface area contributed by atoms with E-state index in [2.05, 4.69) is 6.92 Å². The highest BCUT2D eigenvalue weighted by Crippen LogP contribution is 2.46. The highest BCUT2D eigenvalue weighted by molar-refractivity contribution is 5.77. The van der Waals surface area contributed by atoms with Gasteiger partial charge in [-0.3, -0.25) is 0 Å². The van der Waals surface area contributed by atoms with Crippen molar-refractivity contribution in [1.29, 1.82) is 0 Å². The first-order valence-corrected chi connectivity index (χ1v) is 9.66. The molecule has 1 atom stereocenters. The van der Waals surface area contributed by atoms with E-state index >= 15 is 4.39 Å². The molecular formula is C24H25F3. The Morgan fingerprint density at radius 2 is 1.81 bits per heavy atom. The third-order valence-electron chi connectivity index (χ3n) is 5.16. The van der Waals surface area contributed by atoms with Crippen LogP contribution in [0, 0.1) is 11.6 Å². The molecule has 0 spiro atoms. The maximum atomic E-state index is 16.1. The van der Waals surface area contributed by atoms with E-state index in [-0.39, 0.29) is 12.0 Å². The Kier molecular flexibility index (Phi) is 6.20. The minimum Gasteiger partial charge on any atom is -0.233 e. The molecule has 27 heavy (non-hydrogen) atoms. The Morgan fingerprint density at radius 1 is 1.00 bits per heavy atom. The van der Waals surface area contributed by atoms with Crippen molar-refractivity contribution in [1.82, 2.24) is 0 Å². The van der Waals surface area contributed by atoms with Crippen molar-refractivity contribution in [3.8, 4) is 0 Å². The molecule has 3 rings (SSSR count). The molecule has 142 valence electrons. The molecule has 0 saturated carbocycles. The average Bonchev–Trinajstić information content (AvgIpc) is 2.68. The van der Waals surface area contributed by atoms with Crippen LogP contribution in [0.1, 0.15) is 55.7 Å². The quantitative estimate of drug-likeness (QED) is 0.449. The minimum atomic E-state index is -2.08. The second kappa shape index (κ2) is 8.60. The first-order valence-electron chi connectivity index (χ1n) is 9.66. The third kappa shape index (κ3) is 4.18. The van der Waals surface area contributed by atoms with Crippen molar-refractivity contribution in [3.05, 3.63) is 89.0 Å². The maximum Gasteiger partial charge on any atom is 0.167 e. The number of alkyl halides is 1. The van der Waals surface area contributed by atoms with Crippen LogP contribution in [0.5, 0.6) is 0 Å². The number of aryl methyl sites for hydroxylation is 1. The lowest BCUT2D eigenvalue weighted by Crippen LogP contribution is -2.25. The molecule has 0 saturated heterocycles. The monoisotopic (exact) mass is 370 g/mol. The highest BCUT2D eigenvalue weighted by atomic mass is 19.2. The summed E-state index contributed by atoms with van der Waals surface area (Å²) < 4.78 is 44.1. The molecule has 0 fully saturated rings. The summed E-state index contributed by atoms with van der Waals surface area (Å²) in [5, 5.41) is 0. The summed E-state index contributed by atoms with van der Waals surface area (Å²) in [6, 6.07) is 11.5. The molecule has 0 aliphatic heterocycles. The number of benzene rings is 2. The van der Waals surface area contributed by atoms with Gasteiger partial charge in [0.2, 0.25) is 0 Å². The van der Waals surface area contributed by atoms with E-state index in [1.807, 2.05) is 24.3 Å². The van der Waals surface area contributed by atoms with E-state index in [1.54, 1.807) is 18.2 Å². The zero-order valence-corrected chi connectivity index (χ0v) is 15.7.